The number of hydrogen-bond donors (Lipinski definition) is 0. The summed E-state index contributed by atoms with van der Waals surface area (Å²) in [5.74, 6) is -0.106. The van der Waals surface area contributed by atoms with Gasteiger partial charge in [-0.05, 0) is 38.0 Å². The average Bonchev–Trinajstić information content (AvgIpc) is 2.42. The van der Waals surface area contributed by atoms with Crippen LogP contribution in [-0.2, 0) is 0 Å². The van der Waals surface area contributed by atoms with E-state index < -0.39 is 10.9 Å². The molecule has 0 amide bonds. The van der Waals surface area contributed by atoms with Crippen molar-refractivity contribution in [1.82, 2.24) is 0 Å². The first-order valence-electron chi connectivity index (χ1n) is 6.43. The fraction of sp³-hybridized carbons (Fsp3) is 0.188. The van der Waals surface area contributed by atoms with Crippen LogP contribution in [0.3, 0.4) is 0 Å². The molecule has 0 aliphatic carbocycles. The van der Waals surface area contributed by atoms with Crippen molar-refractivity contribution in [2.45, 2.75) is 20.8 Å². The summed E-state index contributed by atoms with van der Waals surface area (Å²) >= 11 is 0. The number of esters is 1. The van der Waals surface area contributed by atoms with Crippen LogP contribution in [0.25, 0.3) is 0 Å². The molecule has 0 aliphatic heterocycles. The van der Waals surface area contributed by atoms with E-state index in [1.54, 1.807) is 0 Å². The van der Waals surface area contributed by atoms with Gasteiger partial charge in [0, 0.05) is 12.1 Å². The molecule has 5 heteroatoms. The van der Waals surface area contributed by atoms with E-state index in [4.69, 9.17) is 4.74 Å². The minimum Gasteiger partial charge on any atom is -0.422 e. The van der Waals surface area contributed by atoms with Gasteiger partial charge in [0.15, 0.2) is 0 Å². The molecule has 0 aliphatic rings. The van der Waals surface area contributed by atoms with E-state index in [1.165, 1.54) is 24.3 Å². The van der Waals surface area contributed by atoms with Gasteiger partial charge in [-0.2, -0.15) is 0 Å². The molecule has 0 bridgehead atoms. The number of ether oxygens (including phenoxy) is 1. The third-order valence-electron chi connectivity index (χ3n) is 3.09. The van der Waals surface area contributed by atoms with Crippen LogP contribution in [0.5, 0.6) is 5.75 Å². The van der Waals surface area contributed by atoms with Gasteiger partial charge in [0.05, 0.1) is 10.5 Å². The van der Waals surface area contributed by atoms with Gasteiger partial charge in [0.1, 0.15) is 5.75 Å². The van der Waals surface area contributed by atoms with E-state index in [1.807, 2.05) is 32.9 Å². The number of aryl methyl sites for hydroxylation is 3. The molecule has 0 N–H and O–H groups in total. The van der Waals surface area contributed by atoms with Crippen LogP contribution in [0.4, 0.5) is 5.69 Å². The molecule has 108 valence electrons. The van der Waals surface area contributed by atoms with Crippen molar-refractivity contribution in [3.63, 3.8) is 0 Å². The number of benzene rings is 2. The van der Waals surface area contributed by atoms with Crippen molar-refractivity contribution in [1.29, 1.82) is 0 Å². The number of hydrogen-bond acceptors (Lipinski definition) is 4. The molecule has 2 rings (SSSR count). The van der Waals surface area contributed by atoms with E-state index >= 15 is 0 Å². The monoisotopic (exact) mass is 285 g/mol. The number of nitro groups is 1. The van der Waals surface area contributed by atoms with Crippen molar-refractivity contribution in [3.8, 4) is 5.75 Å². The Balaban J connectivity index is 2.30. The van der Waals surface area contributed by atoms with Crippen LogP contribution >= 0.6 is 0 Å². The lowest BCUT2D eigenvalue weighted by Crippen LogP contribution is -2.10. The molecule has 0 heterocycles. The number of carbonyl (C=O) groups excluding carboxylic acids is 1. The Bertz CT molecular complexity index is 699. The highest BCUT2D eigenvalue weighted by Gasteiger charge is 2.15. The number of nitro benzene ring substituents is 1. The molecule has 0 saturated heterocycles. The summed E-state index contributed by atoms with van der Waals surface area (Å²) in [5.41, 5.74) is 2.81. The van der Waals surface area contributed by atoms with Crippen LogP contribution in [0.1, 0.15) is 27.0 Å². The lowest BCUT2D eigenvalue weighted by molar-refractivity contribution is -0.384. The number of nitrogens with zero attached hydrogens (tertiary/aromatic N) is 1. The smallest absolute Gasteiger partial charge is 0.343 e. The maximum atomic E-state index is 12.1. The summed E-state index contributed by atoms with van der Waals surface area (Å²) in [5, 5.41) is 10.7. The summed E-state index contributed by atoms with van der Waals surface area (Å²) < 4.78 is 5.39. The molecule has 0 unspecified atom stereocenters. The predicted molar refractivity (Wildman–Crippen MR) is 78.7 cm³/mol. The predicted octanol–water partition coefficient (Wildman–Crippen LogP) is 3.74. The third kappa shape index (κ3) is 3.25. The molecule has 0 saturated carbocycles. The van der Waals surface area contributed by atoms with Gasteiger partial charge in [0.2, 0.25) is 0 Å². The Labute approximate surface area is 122 Å². The van der Waals surface area contributed by atoms with E-state index in [0.29, 0.717) is 5.75 Å². The summed E-state index contributed by atoms with van der Waals surface area (Å²) in [6.07, 6.45) is 0. The Kier molecular flexibility index (Phi) is 4.03. The standard InChI is InChI=1S/C16H15NO4/c1-10-7-11(2)15(12(3)8-10)21-16(18)13-5-4-6-14(9-13)17(19)20/h4-9H,1-3H3. The molecule has 0 spiro atoms. The minimum atomic E-state index is -0.603. The zero-order valence-electron chi connectivity index (χ0n) is 12.0. The third-order valence-corrected chi connectivity index (χ3v) is 3.09. The van der Waals surface area contributed by atoms with E-state index in [-0.39, 0.29) is 11.3 Å². The fourth-order valence-corrected chi connectivity index (χ4v) is 2.23. The van der Waals surface area contributed by atoms with Gasteiger partial charge in [-0.1, -0.05) is 23.8 Å². The first-order chi connectivity index (χ1) is 9.88. The minimum absolute atomic E-state index is 0.137. The highest BCUT2D eigenvalue weighted by atomic mass is 16.6. The maximum Gasteiger partial charge on any atom is 0.343 e. The van der Waals surface area contributed by atoms with E-state index in [0.717, 1.165) is 16.7 Å². The summed E-state index contributed by atoms with van der Waals surface area (Å²) in [6.45, 7) is 5.68. The van der Waals surface area contributed by atoms with Crippen molar-refractivity contribution in [2.75, 3.05) is 0 Å². The van der Waals surface area contributed by atoms with Gasteiger partial charge in [-0.15, -0.1) is 0 Å². The van der Waals surface area contributed by atoms with Crippen LogP contribution in [-0.4, -0.2) is 10.9 Å². The van der Waals surface area contributed by atoms with Gasteiger partial charge in [-0.3, -0.25) is 10.1 Å². The Morgan fingerprint density at radius 1 is 1.10 bits per heavy atom. The maximum absolute atomic E-state index is 12.1. The summed E-state index contributed by atoms with van der Waals surface area (Å²) in [6, 6.07) is 9.34. The first-order valence-corrected chi connectivity index (χ1v) is 6.43. The van der Waals surface area contributed by atoms with Gasteiger partial charge >= 0.3 is 5.97 Å². The SMILES string of the molecule is Cc1cc(C)c(OC(=O)c2cccc([N+](=O)[O-])c2)c(C)c1. The topological polar surface area (TPSA) is 69.4 Å². The fourth-order valence-electron chi connectivity index (χ4n) is 2.23. The lowest BCUT2D eigenvalue weighted by atomic mass is 10.1. The molecule has 0 atom stereocenters. The lowest BCUT2D eigenvalue weighted by Gasteiger charge is -2.11. The van der Waals surface area contributed by atoms with Crippen molar-refractivity contribution in [2.24, 2.45) is 0 Å². The molecule has 0 radical (unpaired) electrons. The first kappa shape index (κ1) is 14.7. The van der Waals surface area contributed by atoms with Crippen LogP contribution < -0.4 is 4.74 Å². The van der Waals surface area contributed by atoms with Crippen molar-refractivity contribution >= 4 is 11.7 Å². The molecular weight excluding hydrogens is 270 g/mol. The van der Waals surface area contributed by atoms with Crippen LogP contribution in [0.2, 0.25) is 0 Å². The Hall–Kier alpha value is -2.69. The number of non-ortho nitro benzene ring substituents is 1. The molecule has 0 fully saturated rings. The molecule has 2 aromatic rings. The normalized spacial score (nSPS) is 10.2. The number of rotatable bonds is 3. The van der Waals surface area contributed by atoms with Gasteiger partial charge < -0.3 is 4.74 Å². The average molecular weight is 285 g/mol. The van der Waals surface area contributed by atoms with E-state index in [9.17, 15) is 14.9 Å². The molecule has 2 aromatic carbocycles. The summed E-state index contributed by atoms with van der Waals surface area (Å²) in [4.78, 5) is 22.3. The second-order valence-corrected chi connectivity index (χ2v) is 4.92. The second kappa shape index (κ2) is 5.75. The highest BCUT2D eigenvalue weighted by Crippen LogP contribution is 2.26. The second-order valence-electron chi connectivity index (χ2n) is 4.92. The quantitative estimate of drug-likeness (QED) is 0.373. The van der Waals surface area contributed by atoms with Crippen molar-refractivity contribution in [3.05, 3.63) is 68.8 Å². The van der Waals surface area contributed by atoms with Crippen LogP contribution in [0, 0.1) is 30.9 Å². The van der Waals surface area contributed by atoms with Crippen LogP contribution in [0.15, 0.2) is 36.4 Å². The van der Waals surface area contributed by atoms with E-state index in [2.05, 4.69) is 0 Å². The molecule has 5 nitrogen and oxygen atoms in total. The largest absolute Gasteiger partial charge is 0.422 e. The molecule has 21 heavy (non-hydrogen) atoms. The van der Waals surface area contributed by atoms with Crippen molar-refractivity contribution < 1.29 is 14.5 Å². The molecule has 0 aromatic heterocycles. The Morgan fingerprint density at radius 3 is 2.29 bits per heavy atom. The molecular formula is C16H15NO4. The highest BCUT2D eigenvalue weighted by molar-refractivity contribution is 5.92. The number of carbonyl (C=O) groups is 1. The van der Waals surface area contributed by atoms with Gasteiger partial charge in [0.25, 0.3) is 5.69 Å². The zero-order valence-corrected chi connectivity index (χ0v) is 12.0. The van der Waals surface area contributed by atoms with Gasteiger partial charge in [-0.25, -0.2) is 4.79 Å². The zero-order chi connectivity index (χ0) is 15.6. The summed E-state index contributed by atoms with van der Waals surface area (Å²) in [7, 11) is 0. The Morgan fingerprint density at radius 2 is 1.71 bits per heavy atom.